The average Bonchev–Trinajstić information content (AvgIpc) is 2.14. The third-order valence-corrected chi connectivity index (χ3v) is 2.38. The van der Waals surface area contributed by atoms with Gasteiger partial charge in [0.25, 0.3) is 0 Å². The topological polar surface area (TPSA) is 32.3 Å². The van der Waals surface area contributed by atoms with Gasteiger partial charge in [0.15, 0.2) is 0 Å². The van der Waals surface area contributed by atoms with Gasteiger partial charge < -0.3 is 10.2 Å². The van der Waals surface area contributed by atoms with Crippen LogP contribution in [0.5, 0.6) is 0 Å². The smallest absolute Gasteiger partial charge is 0.317 e. The minimum atomic E-state index is -0.0730. The first-order valence-electron chi connectivity index (χ1n) is 4.61. The molecule has 0 fully saturated rings. The van der Waals surface area contributed by atoms with Crippen molar-refractivity contribution in [3.63, 3.8) is 0 Å². The molecular weight excluding hydrogens is 176 g/mol. The van der Waals surface area contributed by atoms with Gasteiger partial charge in [-0.25, -0.2) is 4.79 Å². The maximum atomic E-state index is 11.5. The highest BCUT2D eigenvalue weighted by Gasteiger charge is 2.26. The van der Waals surface area contributed by atoms with Gasteiger partial charge in [0.2, 0.25) is 0 Å². The molecule has 76 valence electrons. The van der Waals surface area contributed by atoms with Crippen molar-refractivity contribution in [2.75, 3.05) is 7.05 Å². The van der Waals surface area contributed by atoms with E-state index < -0.39 is 0 Å². The summed E-state index contributed by atoms with van der Waals surface area (Å²) in [5.74, 6) is 0. The van der Waals surface area contributed by atoms with Gasteiger partial charge in [-0.05, 0) is 19.4 Å². The van der Waals surface area contributed by atoms with Crippen molar-refractivity contribution in [3.05, 3.63) is 36.1 Å². The van der Waals surface area contributed by atoms with E-state index in [-0.39, 0.29) is 12.1 Å². The van der Waals surface area contributed by atoms with Crippen molar-refractivity contribution in [1.82, 2.24) is 10.2 Å². The van der Waals surface area contributed by atoms with Crippen LogP contribution in [0.3, 0.4) is 0 Å². The quantitative estimate of drug-likeness (QED) is 0.667. The molecule has 1 rings (SSSR count). The number of nitrogens with zero attached hydrogens (tertiary/aromatic N) is 1. The van der Waals surface area contributed by atoms with Crippen LogP contribution in [0.2, 0.25) is 0 Å². The van der Waals surface area contributed by atoms with Gasteiger partial charge in [-0.15, -0.1) is 0 Å². The normalized spacial score (nSPS) is 22.9. The number of likely N-dealkylation sites (N-methyl/N-ethyl adjacent to an activating group) is 1. The number of hydrogen-bond donors (Lipinski definition) is 1. The second-order valence-electron chi connectivity index (χ2n) is 3.30. The lowest BCUT2D eigenvalue weighted by molar-refractivity contribution is 0.203. The Kier molecular flexibility index (Phi) is 3.12. The Hall–Kier alpha value is -1.51. The van der Waals surface area contributed by atoms with E-state index in [9.17, 15) is 4.79 Å². The lowest BCUT2D eigenvalue weighted by Gasteiger charge is -2.33. The summed E-state index contributed by atoms with van der Waals surface area (Å²) >= 11 is 0. The molecule has 1 aliphatic heterocycles. The number of urea groups is 1. The number of carbonyl (C=O) groups is 1. The molecule has 0 radical (unpaired) electrons. The summed E-state index contributed by atoms with van der Waals surface area (Å²) in [7, 11) is 1.77. The van der Waals surface area contributed by atoms with Crippen LogP contribution in [0, 0.1) is 0 Å². The van der Waals surface area contributed by atoms with E-state index in [1.165, 1.54) is 0 Å². The van der Waals surface area contributed by atoms with E-state index >= 15 is 0 Å². The zero-order chi connectivity index (χ0) is 10.7. The Balaban J connectivity index is 3.12. The molecule has 3 heteroatoms. The Bertz CT molecular complexity index is 315. The summed E-state index contributed by atoms with van der Waals surface area (Å²) in [4.78, 5) is 13.1. The van der Waals surface area contributed by atoms with Crippen molar-refractivity contribution in [2.24, 2.45) is 0 Å². The molecule has 1 aliphatic rings. The highest BCUT2D eigenvalue weighted by atomic mass is 16.2. The van der Waals surface area contributed by atoms with Crippen molar-refractivity contribution >= 4 is 6.03 Å². The van der Waals surface area contributed by atoms with Crippen molar-refractivity contribution in [1.29, 1.82) is 0 Å². The minimum absolute atomic E-state index is 0.00579. The number of amides is 2. The molecule has 0 saturated carbocycles. The predicted octanol–water partition coefficient (Wildman–Crippen LogP) is 2.05. The molecule has 2 amide bonds. The summed E-state index contributed by atoms with van der Waals surface area (Å²) in [5, 5.41) is 2.78. The van der Waals surface area contributed by atoms with Crippen LogP contribution in [0.15, 0.2) is 36.1 Å². The fourth-order valence-electron chi connectivity index (χ4n) is 1.57. The Labute approximate surface area is 84.8 Å². The fourth-order valence-corrected chi connectivity index (χ4v) is 1.57. The Morgan fingerprint density at radius 2 is 2.21 bits per heavy atom. The number of allylic oxidation sites excluding steroid dienone is 2. The molecule has 1 N–H and O–H groups in total. The minimum Gasteiger partial charge on any atom is -0.317 e. The molecule has 0 aliphatic carbocycles. The Morgan fingerprint density at radius 3 is 2.71 bits per heavy atom. The first-order chi connectivity index (χ1) is 6.61. The predicted molar refractivity (Wildman–Crippen MR) is 57.8 cm³/mol. The molecule has 0 bridgehead atoms. The molecule has 1 atom stereocenters. The number of carbonyl (C=O) groups excluding carboxylic acids is 1. The monoisotopic (exact) mass is 192 g/mol. The van der Waals surface area contributed by atoms with Crippen molar-refractivity contribution in [3.8, 4) is 0 Å². The van der Waals surface area contributed by atoms with Crippen LogP contribution in [-0.2, 0) is 0 Å². The highest BCUT2D eigenvalue weighted by Crippen LogP contribution is 2.19. The van der Waals surface area contributed by atoms with Gasteiger partial charge in [0.05, 0.1) is 6.04 Å². The van der Waals surface area contributed by atoms with Crippen LogP contribution >= 0.6 is 0 Å². The standard InChI is InChI=1S/C11H16N2O/c1-5-7-10-9(6-2)8(3)12-11(14)13(10)4/h5-7,10H,2H2,1,3-4H3,(H,12,14)/b7-5-. The summed E-state index contributed by atoms with van der Waals surface area (Å²) in [6.07, 6.45) is 5.71. The van der Waals surface area contributed by atoms with Crippen molar-refractivity contribution in [2.45, 2.75) is 19.9 Å². The second-order valence-corrected chi connectivity index (χ2v) is 3.30. The third kappa shape index (κ3) is 1.71. The molecule has 0 aromatic heterocycles. The van der Waals surface area contributed by atoms with E-state index in [1.54, 1.807) is 18.0 Å². The molecule has 0 aromatic carbocycles. The zero-order valence-corrected chi connectivity index (χ0v) is 8.87. The van der Waals surface area contributed by atoms with Gasteiger partial charge in [-0.2, -0.15) is 0 Å². The molecule has 0 spiro atoms. The van der Waals surface area contributed by atoms with Crippen LogP contribution in [0.4, 0.5) is 4.79 Å². The molecule has 1 heterocycles. The molecule has 14 heavy (non-hydrogen) atoms. The van der Waals surface area contributed by atoms with Gasteiger partial charge >= 0.3 is 6.03 Å². The molecule has 3 nitrogen and oxygen atoms in total. The van der Waals surface area contributed by atoms with E-state index in [4.69, 9.17) is 0 Å². The van der Waals surface area contributed by atoms with Gasteiger partial charge in [0.1, 0.15) is 0 Å². The van der Waals surface area contributed by atoms with Gasteiger partial charge in [0, 0.05) is 12.7 Å². The van der Waals surface area contributed by atoms with E-state index in [0.29, 0.717) is 0 Å². The van der Waals surface area contributed by atoms with Gasteiger partial charge in [-0.3, -0.25) is 0 Å². The van der Waals surface area contributed by atoms with Crippen LogP contribution < -0.4 is 5.32 Å². The average molecular weight is 192 g/mol. The first kappa shape index (κ1) is 10.6. The van der Waals surface area contributed by atoms with Crippen molar-refractivity contribution < 1.29 is 4.79 Å². The van der Waals surface area contributed by atoms with Crippen LogP contribution in [0.1, 0.15) is 13.8 Å². The molecule has 0 saturated heterocycles. The maximum absolute atomic E-state index is 11.5. The second kappa shape index (κ2) is 4.13. The lowest BCUT2D eigenvalue weighted by atomic mass is 10.0. The number of rotatable bonds is 2. The van der Waals surface area contributed by atoms with E-state index in [2.05, 4.69) is 11.9 Å². The molecular formula is C11H16N2O. The van der Waals surface area contributed by atoms with E-state index in [0.717, 1.165) is 11.3 Å². The van der Waals surface area contributed by atoms with Crippen LogP contribution in [0.25, 0.3) is 0 Å². The number of nitrogens with one attached hydrogen (secondary N) is 1. The lowest BCUT2D eigenvalue weighted by Crippen LogP contribution is -2.47. The summed E-state index contributed by atoms with van der Waals surface area (Å²) in [6.45, 7) is 7.59. The fraction of sp³-hybridized carbons (Fsp3) is 0.364. The third-order valence-electron chi connectivity index (χ3n) is 2.38. The summed E-state index contributed by atoms with van der Waals surface area (Å²) in [5.41, 5.74) is 1.93. The zero-order valence-electron chi connectivity index (χ0n) is 8.87. The molecule has 1 unspecified atom stereocenters. The highest BCUT2D eigenvalue weighted by molar-refractivity contribution is 5.79. The maximum Gasteiger partial charge on any atom is 0.322 e. The summed E-state index contributed by atoms with van der Waals surface area (Å²) in [6, 6.07) is -0.0672. The van der Waals surface area contributed by atoms with Crippen LogP contribution in [-0.4, -0.2) is 24.0 Å². The Morgan fingerprint density at radius 1 is 1.57 bits per heavy atom. The number of hydrogen-bond acceptors (Lipinski definition) is 1. The summed E-state index contributed by atoms with van der Waals surface area (Å²) < 4.78 is 0. The van der Waals surface area contributed by atoms with E-state index in [1.807, 2.05) is 26.0 Å². The first-order valence-corrected chi connectivity index (χ1v) is 4.61. The van der Waals surface area contributed by atoms with Gasteiger partial charge in [-0.1, -0.05) is 24.8 Å². The largest absolute Gasteiger partial charge is 0.322 e. The molecule has 0 aromatic rings. The SMILES string of the molecule is C=CC1=C(C)NC(=O)N(C)C1/C=C\C.